The van der Waals surface area contributed by atoms with Crippen molar-refractivity contribution in [2.24, 2.45) is 0 Å². The predicted molar refractivity (Wildman–Crippen MR) is 100 cm³/mol. The molecule has 0 aliphatic rings. The number of halogens is 1. The van der Waals surface area contributed by atoms with Crippen LogP contribution in [0.2, 0.25) is 0 Å². The van der Waals surface area contributed by atoms with Crippen molar-refractivity contribution in [3.63, 3.8) is 0 Å². The molecular weight excluding hydrogens is 386 g/mol. The van der Waals surface area contributed by atoms with Crippen molar-refractivity contribution in [2.75, 3.05) is 25.5 Å². The van der Waals surface area contributed by atoms with E-state index in [9.17, 15) is 9.59 Å². The van der Waals surface area contributed by atoms with Crippen molar-refractivity contribution in [2.45, 2.75) is 19.9 Å². The summed E-state index contributed by atoms with van der Waals surface area (Å²) in [5.74, 6) is 0.360. The van der Waals surface area contributed by atoms with Crippen molar-refractivity contribution < 1.29 is 14.0 Å². The van der Waals surface area contributed by atoms with Gasteiger partial charge in [0.25, 0.3) is 0 Å². The lowest BCUT2D eigenvalue weighted by molar-refractivity contribution is -0.123. The van der Waals surface area contributed by atoms with Crippen LogP contribution in [0, 0.1) is 6.92 Å². The molecule has 0 fully saturated rings. The maximum absolute atomic E-state index is 12.1. The Kier molecular flexibility index (Phi) is 6.78. The molecule has 2 amide bonds. The Balaban J connectivity index is 1.79. The molecule has 0 aliphatic heterocycles. The molecule has 0 saturated heterocycles. The zero-order valence-electron chi connectivity index (χ0n) is 14.5. The van der Waals surface area contributed by atoms with Crippen molar-refractivity contribution in [3.8, 4) is 0 Å². The highest BCUT2D eigenvalue weighted by molar-refractivity contribution is 9.10. The van der Waals surface area contributed by atoms with Crippen LogP contribution < -0.4 is 10.6 Å². The van der Waals surface area contributed by atoms with Gasteiger partial charge in [-0.3, -0.25) is 14.5 Å². The molecule has 134 valence electrons. The van der Waals surface area contributed by atoms with Gasteiger partial charge < -0.3 is 15.1 Å². The predicted octanol–water partition coefficient (Wildman–Crippen LogP) is 3.10. The zero-order chi connectivity index (χ0) is 18.4. The lowest BCUT2D eigenvalue weighted by Gasteiger charge is -2.18. The van der Waals surface area contributed by atoms with Gasteiger partial charge in [-0.2, -0.15) is 0 Å². The van der Waals surface area contributed by atoms with Gasteiger partial charge in [-0.15, -0.1) is 0 Å². The monoisotopic (exact) mass is 407 g/mol. The molecule has 6 nitrogen and oxygen atoms in total. The van der Waals surface area contributed by atoms with Gasteiger partial charge in [0, 0.05) is 10.2 Å². The molecule has 1 atom stereocenters. The lowest BCUT2D eigenvalue weighted by Crippen LogP contribution is -2.39. The average Bonchev–Trinajstić information content (AvgIpc) is 3.04. The van der Waals surface area contributed by atoms with Gasteiger partial charge >= 0.3 is 0 Å². The molecule has 0 radical (unpaired) electrons. The Bertz CT molecular complexity index is 731. The molecule has 0 aliphatic carbocycles. The van der Waals surface area contributed by atoms with Crippen molar-refractivity contribution in [3.05, 3.63) is 52.4 Å². The third-order valence-electron chi connectivity index (χ3n) is 3.64. The van der Waals surface area contributed by atoms with Crippen molar-refractivity contribution >= 4 is 33.4 Å². The number of furan rings is 1. The summed E-state index contributed by atoms with van der Waals surface area (Å²) in [4.78, 5) is 25.9. The van der Waals surface area contributed by atoms with E-state index in [1.165, 1.54) is 0 Å². The highest BCUT2D eigenvalue weighted by Crippen LogP contribution is 2.19. The molecule has 0 bridgehead atoms. The number of rotatable bonds is 7. The maximum Gasteiger partial charge on any atom is 0.238 e. The topological polar surface area (TPSA) is 74.6 Å². The molecule has 0 saturated carbocycles. The van der Waals surface area contributed by atoms with E-state index >= 15 is 0 Å². The van der Waals surface area contributed by atoms with Crippen molar-refractivity contribution in [1.29, 1.82) is 0 Å². The number of hydrogen-bond donors (Lipinski definition) is 2. The third-order valence-corrected chi connectivity index (χ3v) is 4.13. The Morgan fingerprint density at radius 3 is 2.60 bits per heavy atom. The maximum atomic E-state index is 12.1. The summed E-state index contributed by atoms with van der Waals surface area (Å²) >= 11 is 3.39. The average molecular weight is 408 g/mol. The molecule has 1 heterocycles. The summed E-state index contributed by atoms with van der Waals surface area (Å²) in [7, 11) is 1.73. The van der Waals surface area contributed by atoms with E-state index in [0.717, 1.165) is 15.7 Å². The lowest BCUT2D eigenvalue weighted by atomic mass is 10.2. The Morgan fingerprint density at radius 1 is 1.24 bits per heavy atom. The number of amides is 2. The number of anilines is 1. The summed E-state index contributed by atoms with van der Waals surface area (Å²) in [5.41, 5.74) is 1.73. The van der Waals surface area contributed by atoms with Crippen LogP contribution in [0.25, 0.3) is 0 Å². The number of hydrogen-bond acceptors (Lipinski definition) is 4. The van der Waals surface area contributed by atoms with Crippen LogP contribution in [0.4, 0.5) is 5.69 Å². The van der Waals surface area contributed by atoms with E-state index in [0.29, 0.717) is 5.76 Å². The zero-order valence-corrected chi connectivity index (χ0v) is 16.1. The number of carbonyl (C=O) groups excluding carboxylic acids is 2. The van der Waals surface area contributed by atoms with E-state index in [1.807, 2.05) is 38.1 Å². The van der Waals surface area contributed by atoms with Gasteiger partial charge in [-0.1, -0.05) is 15.9 Å². The van der Waals surface area contributed by atoms with E-state index < -0.39 is 0 Å². The van der Waals surface area contributed by atoms with Gasteiger partial charge in [0.1, 0.15) is 5.76 Å². The van der Waals surface area contributed by atoms with Gasteiger partial charge in [0.2, 0.25) is 11.8 Å². The SMILES string of the molecule is Cc1cc(Br)ccc1NC(=O)CN(C)CC(=O)N[C@H](C)c1ccco1. The van der Waals surface area contributed by atoms with Crippen LogP contribution in [0.1, 0.15) is 24.3 Å². The normalized spacial score (nSPS) is 12.0. The largest absolute Gasteiger partial charge is 0.467 e. The van der Waals surface area contributed by atoms with Gasteiger partial charge in [-0.05, 0) is 56.8 Å². The van der Waals surface area contributed by atoms with Crippen LogP contribution in [-0.2, 0) is 9.59 Å². The molecule has 1 aromatic heterocycles. The number of nitrogens with one attached hydrogen (secondary N) is 2. The van der Waals surface area contributed by atoms with Crippen molar-refractivity contribution in [1.82, 2.24) is 10.2 Å². The molecule has 2 aromatic rings. The molecule has 2 N–H and O–H groups in total. The van der Waals surface area contributed by atoms with E-state index in [2.05, 4.69) is 26.6 Å². The Hall–Kier alpha value is -2.12. The number of carbonyl (C=O) groups is 2. The fourth-order valence-corrected chi connectivity index (χ4v) is 2.87. The van der Waals surface area contributed by atoms with Crippen LogP contribution in [0.3, 0.4) is 0 Å². The van der Waals surface area contributed by atoms with Gasteiger partial charge in [-0.25, -0.2) is 0 Å². The molecule has 25 heavy (non-hydrogen) atoms. The molecule has 7 heteroatoms. The second kappa shape index (κ2) is 8.82. The van der Waals surface area contributed by atoms with Gasteiger partial charge in [0.15, 0.2) is 0 Å². The van der Waals surface area contributed by atoms with Crippen LogP contribution in [0.15, 0.2) is 45.5 Å². The first-order chi connectivity index (χ1) is 11.8. The minimum Gasteiger partial charge on any atom is -0.467 e. The fraction of sp³-hybridized carbons (Fsp3) is 0.333. The fourth-order valence-electron chi connectivity index (χ4n) is 2.40. The summed E-state index contributed by atoms with van der Waals surface area (Å²) in [6.07, 6.45) is 1.57. The number of aryl methyl sites for hydroxylation is 1. The third kappa shape index (κ3) is 6.03. The summed E-state index contributed by atoms with van der Waals surface area (Å²) < 4.78 is 6.22. The van der Waals surface area contributed by atoms with E-state index in [4.69, 9.17) is 4.42 Å². The number of benzene rings is 1. The molecular formula is C18H22BrN3O3. The summed E-state index contributed by atoms with van der Waals surface area (Å²) in [6, 6.07) is 9.02. The first kappa shape index (κ1) is 19.2. The molecule has 0 spiro atoms. The summed E-state index contributed by atoms with van der Waals surface area (Å²) in [5, 5.41) is 5.70. The van der Waals surface area contributed by atoms with Crippen LogP contribution in [0.5, 0.6) is 0 Å². The standard InChI is InChI=1S/C18H22BrN3O3/c1-12-9-14(19)6-7-15(12)21-18(24)11-22(3)10-17(23)20-13(2)16-5-4-8-25-16/h4-9,13H,10-11H2,1-3H3,(H,20,23)(H,21,24)/t13-/m1/s1. The summed E-state index contributed by atoms with van der Waals surface area (Å²) in [6.45, 7) is 4.02. The van der Waals surface area contributed by atoms with Gasteiger partial charge in [0.05, 0.1) is 25.4 Å². The minimum absolute atomic E-state index is 0.123. The van der Waals surface area contributed by atoms with E-state index in [1.54, 1.807) is 24.3 Å². The second-order valence-corrected chi connectivity index (χ2v) is 6.90. The second-order valence-electron chi connectivity index (χ2n) is 5.98. The first-order valence-corrected chi connectivity index (χ1v) is 8.71. The quantitative estimate of drug-likeness (QED) is 0.739. The minimum atomic E-state index is -0.213. The molecule has 1 aromatic carbocycles. The number of nitrogens with zero attached hydrogens (tertiary/aromatic N) is 1. The molecule has 2 rings (SSSR count). The number of likely N-dealkylation sites (N-methyl/N-ethyl adjacent to an activating group) is 1. The Labute approximate surface area is 155 Å². The smallest absolute Gasteiger partial charge is 0.238 e. The highest BCUT2D eigenvalue weighted by atomic mass is 79.9. The highest BCUT2D eigenvalue weighted by Gasteiger charge is 2.15. The van der Waals surface area contributed by atoms with Crippen LogP contribution >= 0.6 is 15.9 Å². The first-order valence-electron chi connectivity index (χ1n) is 7.92. The molecule has 0 unspecified atom stereocenters. The Morgan fingerprint density at radius 2 is 1.96 bits per heavy atom. The van der Waals surface area contributed by atoms with Crippen LogP contribution in [-0.4, -0.2) is 36.9 Å². The van der Waals surface area contributed by atoms with E-state index in [-0.39, 0.29) is 30.9 Å².